The van der Waals surface area contributed by atoms with Crippen molar-refractivity contribution in [2.24, 2.45) is 5.41 Å². The largest absolute Gasteiger partial charge is 0.454 e. The van der Waals surface area contributed by atoms with Crippen molar-refractivity contribution in [1.29, 1.82) is 0 Å². The number of carbonyl (C=O) groups excluding carboxylic acids is 1. The fourth-order valence-corrected chi connectivity index (χ4v) is 5.10. The van der Waals surface area contributed by atoms with Gasteiger partial charge in [0.15, 0.2) is 11.5 Å². The van der Waals surface area contributed by atoms with Gasteiger partial charge in [-0.2, -0.15) is 4.31 Å². The molecule has 0 saturated carbocycles. The second-order valence-electron chi connectivity index (χ2n) is 7.65. The van der Waals surface area contributed by atoms with Crippen LogP contribution in [0.1, 0.15) is 25.3 Å². The maximum Gasteiger partial charge on any atom is 0.243 e. The van der Waals surface area contributed by atoms with E-state index >= 15 is 0 Å². The molecule has 8 heteroatoms. The first-order chi connectivity index (χ1) is 13.9. The van der Waals surface area contributed by atoms with E-state index in [0.717, 1.165) is 5.56 Å². The number of hydrogen-bond acceptors (Lipinski definition) is 5. The Labute approximate surface area is 170 Å². The van der Waals surface area contributed by atoms with Gasteiger partial charge in [0.1, 0.15) is 0 Å². The molecule has 2 aromatic carbocycles. The van der Waals surface area contributed by atoms with Crippen molar-refractivity contribution >= 4 is 15.9 Å². The summed E-state index contributed by atoms with van der Waals surface area (Å²) in [6, 6.07) is 14.0. The summed E-state index contributed by atoms with van der Waals surface area (Å²) in [6.45, 7) is 3.15. The first-order valence-electron chi connectivity index (χ1n) is 9.61. The molecule has 0 bridgehead atoms. The Morgan fingerprint density at radius 3 is 2.48 bits per heavy atom. The number of amides is 1. The normalized spacial score (nSPS) is 18.4. The number of piperidine rings is 1. The monoisotopic (exact) mass is 416 g/mol. The summed E-state index contributed by atoms with van der Waals surface area (Å²) in [5, 5.41) is 2.98. The van der Waals surface area contributed by atoms with Crippen LogP contribution in [0.15, 0.2) is 53.4 Å². The SMILES string of the molecule is CC1(C(=O)NCc2ccc3c(c2)OCO3)CCN(S(=O)(=O)c2ccccc2)CC1. The molecule has 0 atom stereocenters. The molecule has 0 aliphatic carbocycles. The zero-order valence-corrected chi connectivity index (χ0v) is 17.1. The highest BCUT2D eigenvalue weighted by Crippen LogP contribution is 2.34. The van der Waals surface area contributed by atoms with Crippen LogP contribution in [-0.4, -0.2) is 38.5 Å². The van der Waals surface area contributed by atoms with E-state index in [1.807, 2.05) is 25.1 Å². The van der Waals surface area contributed by atoms with Gasteiger partial charge in [0.25, 0.3) is 0 Å². The molecule has 7 nitrogen and oxygen atoms in total. The standard InChI is InChI=1S/C21H24N2O5S/c1-21(20(24)22-14-16-7-8-18-19(13-16)28-15-27-18)9-11-23(12-10-21)29(25,26)17-5-3-2-4-6-17/h2-8,13H,9-12,14-15H2,1H3,(H,22,24). The summed E-state index contributed by atoms with van der Waals surface area (Å²) in [6.07, 6.45) is 0.956. The summed E-state index contributed by atoms with van der Waals surface area (Å²) in [5.74, 6) is 1.33. The van der Waals surface area contributed by atoms with E-state index in [9.17, 15) is 13.2 Å². The van der Waals surface area contributed by atoms with Gasteiger partial charge in [-0.25, -0.2) is 8.42 Å². The Morgan fingerprint density at radius 1 is 1.07 bits per heavy atom. The van der Waals surface area contributed by atoms with Crippen molar-refractivity contribution in [2.75, 3.05) is 19.9 Å². The van der Waals surface area contributed by atoms with E-state index in [-0.39, 0.29) is 17.6 Å². The predicted octanol–water partition coefficient (Wildman–Crippen LogP) is 2.52. The zero-order valence-electron chi connectivity index (χ0n) is 16.3. The smallest absolute Gasteiger partial charge is 0.243 e. The number of rotatable bonds is 5. The maximum atomic E-state index is 12.8. The van der Waals surface area contributed by atoms with Gasteiger partial charge < -0.3 is 14.8 Å². The van der Waals surface area contributed by atoms with Gasteiger partial charge in [0.2, 0.25) is 22.7 Å². The number of nitrogens with zero attached hydrogens (tertiary/aromatic N) is 1. The Bertz CT molecular complexity index is 999. The molecule has 0 spiro atoms. The third-order valence-electron chi connectivity index (χ3n) is 5.65. The fourth-order valence-electron chi connectivity index (χ4n) is 3.64. The maximum absolute atomic E-state index is 12.8. The quantitative estimate of drug-likeness (QED) is 0.810. The second kappa shape index (κ2) is 7.68. The van der Waals surface area contributed by atoms with Crippen molar-refractivity contribution in [3.8, 4) is 11.5 Å². The first kappa shape index (κ1) is 19.7. The highest BCUT2D eigenvalue weighted by Gasteiger charge is 2.40. The van der Waals surface area contributed by atoms with Crippen LogP contribution in [0.3, 0.4) is 0 Å². The number of carbonyl (C=O) groups is 1. The number of sulfonamides is 1. The molecule has 1 fully saturated rings. The third kappa shape index (κ3) is 3.95. The van der Waals surface area contributed by atoms with Crippen molar-refractivity contribution in [3.05, 3.63) is 54.1 Å². The van der Waals surface area contributed by atoms with Crippen LogP contribution in [0.4, 0.5) is 0 Å². The third-order valence-corrected chi connectivity index (χ3v) is 7.56. The molecule has 29 heavy (non-hydrogen) atoms. The van der Waals surface area contributed by atoms with Crippen LogP contribution in [0, 0.1) is 5.41 Å². The van der Waals surface area contributed by atoms with Gasteiger partial charge in [-0.3, -0.25) is 4.79 Å². The van der Waals surface area contributed by atoms with Crippen LogP contribution in [0.25, 0.3) is 0 Å². The molecule has 4 rings (SSSR count). The van der Waals surface area contributed by atoms with Gasteiger partial charge >= 0.3 is 0 Å². The molecule has 1 N–H and O–H groups in total. The summed E-state index contributed by atoms with van der Waals surface area (Å²) in [7, 11) is -3.52. The Morgan fingerprint density at radius 2 is 1.76 bits per heavy atom. The van der Waals surface area contributed by atoms with Gasteiger partial charge in [-0.05, 0) is 42.7 Å². The molecular formula is C21H24N2O5S. The van der Waals surface area contributed by atoms with Crippen LogP contribution in [0.2, 0.25) is 0 Å². The fraction of sp³-hybridized carbons (Fsp3) is 0.381. The van der Waals surface area contributed by atoms with E-state index in [1.165, 1.54) is 4.31 Å². The molecule has 2 aliphatic rings. The van der Waals surface area contributed by atoms with Crippen LogP contribution in [-0.2, 0) is 21.4 Å². The molecule has 2 aromatic rings. The Hall–Kier alpha value is -2.58. The molecule has 1 saturated heterocycles. The lowest BCUT2D eigenvalue weighted by Gasteiger charge is -2.37. The van der Waals surface area contributed by atoms with Crippen molar-refractivity contribution < 1.29 is 22.7 Å². The minimum Gasteiger partial charge on any atom is -0.454 e. The Kier molecular flexibility index (Phi) is 5.23. The van der Waals surface area contributed by atoms with E-state index in [4.69, 9.17) is 9.47 Å². The molecule has 0 unspecified atom stereocenters. The van der Waals surface area contributed by atoms with Crippen molar-refractivity contribution in [3.63, 3.8) is 0 Å². The number of hydrogen-bond donors (Lipinski definition) is 1. The lowest BCUT2D eigenvalue weighted by molar-refractivity contribution is -0.132. The van der Waals surface area contributed by atoms with Crippen LogP contribution in [0.5, 0.6) is 11.5 Å². The lowest BCUT2D eigenvalue weighted by Crippen LogP contribution is -2.48. The zero-order chi connectivity index (χ0) is 20.5. The number of ether oxygens (including phenoxy) is 2. The van der Waals surface area contributed by atoms with Crippen LogP contribution >= 0.6 is 0 Å². The summed E-state index contributed by atoms with van der Waals surface area (Å²) >= 11 is 0. The summed E-state index contributed by atoms with van der Waals surface area (Å²) in [5.41, 5.74) is 0.328. The molecule has 1 amide bonds. The molecule has 154 valence electrons. The molecule has 0 radical (unpaired) electrons. The van der Waals surface area contributed by atoms with E-state index in [2.05, 4.69) is 5.32 Å². The van der Waals surface area contributed by atoms with Gasteiger partial charge in [0, 0.05) is 25.0 Å². The average Bonchev–Trinajstić information content (AvgIpc) is 3.21. The average molecular weight is 416 g/mol. The minimum absolute atomic E-state index is 0.0630. The minimum atomic E-state index is -3.52. The first-order valence-corrected chi connectivity index (χ1v) is 11.0. The highest BCUT2D eigenvalue weighted by molar-refractivity contribution is 7.89. The number of fused-ring (bicyclic) bond motifs is 1. The van der Waals surface area contributed by atoms with Gasteiger partial charge in [0.05, 0.1) is 4.90 Å². The van der Waals surface area contributed by atoms with Gasteiger partial charge in [-0.15, -0.1) is 0 Å². The van der Waals surface area contributed by atoms with E-state index < -0.39 is 15.4 Å². The molecule has 0 aromatic heterocycles. The van der Waals surface area contributed by atoms with Gasteiger partial charge in [-0.1, -0.05) is 31.2 Å². The number of benzene rings is 2. The predicted molar refractivity (Wildman–Crippen MR) is 107 cm³/mol. The molecule has 2 aliphatic heterocycles. The summed E-state index contributed by atoms with van der Waals surface area (Å²) < 4.78 is 37.7. The molecule has 2 heterocycles. The van der Waals surface area contributed by atoms with Crippen molar-refractivity contribution in [2.45, 2.75) is 31.2 Å². The van der Waals surface area contributed by atoms with E-state index in [0.29, 0.717) is 44.0 Å². The van der Waals surface area contributed by atoms with E-state index in [1.54, 1.807) is 30.3 Å². The Balaban J connectivity index is 1.36. The van der Waals surface area contributed by atoms with Crippen LogP contribution < -0.4 is 14.8 Å². The second-order valence-corrected chi connectivity index (χ2v) is 9.59. The summed E-state index contributed by atoms with van der Waals surface area (Å²) in [4.78, 5) is 13.1. The lowest BCUT2D eigenvalue weighted by atomic mass is 9.80. The highest BCUT2D eigenvalue weighted by atomic mass is 32.2. The topological polar surface area (TPSA) is 84.9 Å². The van der Waals surface area contributed by atoms with Crippen molar-refractivity contribution in [1.82, 2.24) is 9.62 Å². The molecular weight excluding hydrogens is 392 g/mol. The number of nitrogens with one attached hydrogen (secondary N) is 1.